The monoisotopic (exact) mass is 190 g/mol. The van der Waals surface area contributed by atoms with E-state index in [9.17, 15) is 5.11 Å². The Bertz CT molecular complexity index is 151. The molecule has 5 atom stereocenters. The summed E-state index contributed by atoms with van der Waals surface area (Å²) in [6.07, 6.45) is 3.68. The number of hydrogen-bond acceptors (Lipinski definition) is 2. The van der Waals surface area contributed by atoms with E-state index in [1.807, 2.05) is 0 Å². The van der Waals surface area contributed by atoms with Gasteiger partial charge in [-0.3, -0.25) is 0 Å². The van der Waals surface area contributed by atoms with Gasteiger partial charge in [-0.25, -0.2) is 0 Å². The fourth-order valence-electron chi connectivity index (χ4n) is 2.52. The first-order valence-electron chi connectivity index (χ1n) is 4.31. The van der Waals surface area contributed by atoms with Crippen molar-refractivity contribution in [1.29, 1.82) is 0 Å². The van der Waals surface area contributed by atoms with Crippen LogP contribution in [0, 0.1) is 11.8 Å². The topological polar surface area (TPSA) is 20.2 Å². The van der Waals surface area contributed by atoms with Gasteiger partial charge in [-0.05, 0) is 31.1 Å². The molecule has 0 amide bonds. The van der Waals surface area contributed by atoms with Crippen LogP contribution in [0.25, 0.3) is 0 Å². The molecule has 0 saturated heterocycles. The molecule has 0 radical (unpaired) electrons. The van der Waals surface area contributed by atoms with Crippen molar-refractivity contribution in [3.05, 3.63) is 0 Å². The summed E-state index contributed by atoms with van der Waals surface area (Å²) in [7, 11) is 2.77. The van der Waals surface area contributed by atoms with Crippen LogP contribution in [0.15, 0.2) is 0 Å². The second-order valence-electron chi connectivity index (χ2n) is 3.67. The third-order valence-corrected chi connectivity index (χ3v) is 4.84. The molecule has 1 N–H and O–H groups in total. The maximum absolute atomic E-state index is 9.49. The Hall–Kier alpha value is 0.740. The van der Waals surface area contributed by atoms with Gasteiger partial charge in [0.25, 0.3) is 0 Å². The van der Waals surface area contributed by atoms with E-state index >= 15 is 0 Å². The zero-order valence-electron chi connectivity index (χ0n) is 6.57. The molecular weight excluding hydrogens is 175 g/mol. The maximum atomic E-state index is 9.49. The number of fused-ring (bicyclic) bond motifs is 2. The number of aliphatic hydroxyl groups excluding tert-OH is 1. The van der Waals surface area contributed by atoms with Crippen LogP contribution in [0.4, 0.5) is 0 Å². The molecule has 0 aromatic heterocycles. The standard InChI is InChI=1S/C8H15OPS/c9-7-2-6-1-5(7)3-8(6)11-4-10/h5-9H,1-4,10H2. The highest BCUT2D eigenvalue weighted by Crippen LogP contribution is 2.49. The predicted octanol–water partition coefficient (Wildman–Crippen LogP) is 1.71. The second-order valence-corrected chi connectivity index (χ2v) is 5.94. The molecule has 2 bridgehead atoms. The number of hydrogen-bond donors (Lipinski definition) is 1. The largest absolute Gasteiger partial charge is 0.393 e. The SMILES string of the molecule is OC1CC2CC1CC2SCP. The minimum absolute atomic E-state index is 0.0429. The van der Waals surface area contributed by atoms with Gasteiger partial charge < -0.3 is 5.11 Å². The molecule has 2 aliphatic carbocycles. The Morgan fingerprint density at radius 3 is 2.55 bits per heavy atom. The lowest BCUT2D eigenvalue weighted by atomic mass is 9.97. The third kappa shape index (κ3) is 1.46. The quantitative estimate of drug-likeness (QED) is 0.669. The lowest BCUT2D eigenvalue weighted by Gasteiger charge is -2.23. The van der Waals surface area contributed by atoms with Crippen molar-refractivity contribution in [2.24, 2.45) is 11.8 Å². The average molecular weight is 190 g/mol. The van der Waals surface area contributed by atoms with Crippen LogP contribution in [0.5, 0.6) is 0 Å². The summed E-state index contributed by atoms with van der Waals surface area (Å²) in [5.41, 5.74) is 1.16. The lowest BCUT2D eigenvalue weighted by molar-refractivity contribution is 0.115. The smallest absolute Gasteiger partial charge is 0.0572 e. The van der Waals surface area contributed by atoms with Crippen molar-refractivity contribution in [3.8, 4) is 0 Å². The molecule has 2 fully saturated rings. The second kappa shape index (κ2) is 3.24. The highest BCUT2D eigenvalue weighted by atomic mass is 32.2. The van der Waals surface area contributed by atoms with Crippen LogP contribution in [0.2, 0.25) is 0 Å². The van der Waals surface area contributed by atoms with E-state index in [2.05, 4.69) is 21.0 Å². The third-order valence-electron chi connectivity index (χ3n) is 3.07. The molecular formula is C8H15OPS. The highest BCUT2D eigenvalue weighted by Gasteiger charge is 2.44. The van der Waals surface area contributed by atoms with Crippen LogP contribution >= 0.6 is 21.0 Å². The van der Waals surface area contributed by atoms with Gasteiger partial charge in [0, 0.05) is 10.7 Å². The zero-order valence-corrected chi connectivity index (χ0v) is 8.54. The van der Waals surface area contributed by atoms with E-state index < -0.39 is 0 Å². The van der Waals surface area contributed by atoms with Crippen molar-refractivity contribution in [1.82, 2.24) is 0 Å². The Morgan fingerprint density at radius 1 is 1.27 bits per heavy atom. The number of aliphatic hydroxyl groups is 1. The van der Waals surface area contributed by atoms with Crippen LogP contribution < -0.4 is 0 Å². The lowest BCUT2D eigenvalue weighted by Crippen LogP contribution is -2.23. The summed E-state index contributed by atoms with van der Waals surface area (Å²) in [6, 6.07) is 0. The van der Waals surface area contributed by atoms with E-state index in [-0.39, 0.29) is 6.10 Å². The molecule has 0 aliphatic heterocycles. The van der Waals surface area contributed by atoms with Gasteiger partial charge in [-0.1, -0.05) is 0 Å². The fourth-order valence-corrected chi connectivity index (χ4v) is 4.39. The number of thioether (sulfide) groups is 1. The van der Waals surface area contributed by atoms with Crippen molar-refractivity contribution in [2.75, 3.05) is 5.49 Å². The summed E-state index contributed by atoms with van der Waals surface area (Å²) in [5.74, 6) is 1.48. The molecule has 11 heavy (non-hydrogen) atoms. The summed E-state index contributed by atoms with van der Waals surface area (Å²) >= 11 is 2.06. The summed E-state index contributed by atoms with van der Waals surface area (Å²) < 4.78 is 0. The Morgan fingerprint density at radius 2 is 2.09 bits per heavy atom. The Kier molecular flexibility index (Phi) is 2.46. The molecule has 2 saturated carbocycles. The highest BCUT2D eigenvalue weighted by molar-refractivity contribution is 8.02. The molecule has 1 nitrogen and oxygen atoms in total. The molecule has 3 heteroatoms. The van der Waals surface area contributed by atoms with Gasteiger partial charge in [0.1, 0.15) is 0 Å². The summed E-state index contributed by atoms with van der Waals surface area (Å²) in [5, 5.41) is 10.4. The first-order valence-corrected chi connectivity index (χ1v) is 6.17. The van der Waals surface area contributed by atoms with Crippen LogP contribution in [0.3, 0.4) is 0 Å². The Labute approximate surface area is 74.5 Å². The average Bonchev–Trinajstić information content (AvgIpc) is 2.47. The zero-order chi connectivity index (χ0) is 7.84. The summed E-state index contributed by atoms with van der Waals surface area (Å²) in [6.45, 7) is 0. The van der Waals surface area contributed by atoms with Crippen LogP contribution in [-0.2, 0) is 0 Å². The molecule has 0 aromatic carbocycles. The van der Waals surface area contributed by atoms with Gasteiger partial charge in [0.2, 0.25) is 0 Å². The predicted molar refractivity (Wildman–Crippen MR) is 52.8 cm³/mol. The van der Waals surface area contributed by atoms with E-state index in [1.165, 1.54) is 12.8 Å². The van der Waals surface area contributed by atoms with E-state index in [0.29, 0.717) is 5.92 Å². The van der Waals surface area contributed by atoms with Crippen molar-refractivity contribution in [2.45, 2.75) is 30.6 Å². The molecule has 64 valence electrons. The minimum Gasteiger partial charge on any atom is -0.393 e. The van der Waals surface area contributed by atoms with Gasteiger partial charge >= 0.3 is 0 Å². The van der Waals surface area contributed by atoms with Crippen molar-refractivity contribution in [3.63, 3.8) is 0 Å². The number of rotatable bonds is 2. The van der Waals surface area contributed by atoms with Gasteiger partial charge in [0.05, 0.1) is 6.10 Å². The molecule has 0 spiro atoms. The maximum Gasteiger partial charge on any atom is 0.0572 e. The minimum atomic E-state index is 0.0429. The van der Waals surface area contributed by atoms with Gasteiger partial charge in [-0.15, -0.1) is 9.24 Å². The first-order chi connectivity index (χ1) is 5.31. The first kappa shape index (κ1) is 8.34. The van der Waals surface area contributed by atoms with E-state index in [1.54, 1.807) is 0 Å². The summed E-state index contributed by atoms with van der Waals surface area (Å²) in [4.78, 5) is 0. The van der Waals surface area contributed by atoms with E-state index in [4.69, 9.17) is 0 Å². The van der Waals surface area contributed by atoms with E-state index in [0.717, 1.165) is 23.1 Å². The van der Waals surface area contributed by atoms with Crippen LogP contribution in [-0.4, -0.2) is 22.0 Å². The molecule has 5 unspecified atom stereocenters. The molecule has 2 rings (SSSR count). The van der Waals surface area contributed by atoms with Crippen molar-refractivity contribution >= 4 is 21.0 Å². The van der Waals surface area contributed by atoms with Gasteiger partial charge in [0.15, 0.2) is 0 Å². The Balaban J connectivity index is 1.92. The van der Waals surface area contributed by atoms with Crippen LogP contribution in [0.1, 0.15) is 19.3 Å². The molecule has 0 heterocycles. The molecule has 2 aliphatic rings. The molecule has 0 aromatic rings. The van der Waals surface area contributed by atoms with Gasteiger partial charge in [-0.2, -0.15) is 11.8 Å². The van der Waals surface area contributed by atoms with Crippen molar-refractivity contribution < 1.29 is 5.11 Å². The normalized spacial score (nSPS) is 48.5. The fraction of sp³-hybridized carbons (Fsp3) is 1.00.